The quantitative estimate of drug-likeness (QED) is 0.757. The zero-order chi connectivity index (χ0) is 13.5. The summed E-state index contributed by atoms with van der Waals surface area (Å²) in [6, 6.07) is 7.04. The van der Waals surface area contributed by atoms with E-state index in [1.54, 1.807) is 6.07 Å². The standard InChI is InChI=1S/C16H23F2N/c17-10-4-12-19-11-3-5-14(13-19)8-9-15-6-1-2-7-16(15)18/h1-2,6-7,14H,3-5,8-13H2/t14-/m1/s1. The summed E-state index contributed by atoms with van der Waals surface area (Å²) in [6.07, 6.45) is 4.90. The van der Waals surface area contributed by atoms with Crippen LogP contribution in [-0.4, -0.2) is 31.2 Å². The number of nitrogens with zero attached hydrogens (tertiary/aromatic N) is 1. The van der Waals surface area contributed by atoms with Gasteiger partial charge in [-0.2, -0.15) is 0 Å². The van der Waals surface area contributed by atoms with E-state index in [-0.39, 0.29) is 12.5 Å². The van der Waals surface area contributed by atoms with Crippen LogP contribution in [0.2, 0.25) is 0 Å². The lowest BCUT2D eigenvalue weighted by Gasteiger charge is -2.32. The summed E-state index contributed by atoms with van der Waals surface area (Å²) in [7, 11) is 0. The van der Waals surface area contributed by atoms with Crippen LogP contribution in [-0.2, 0) is 6.42 Å². The minimum atomic E-state index is -0.226. The lowest BCUT2D eigenvalue weighted by molar-refractivity contribution is 0.163. The van der Waals surface area contributed by atoms with Crippen molar-refractivity contribution in [2.45, 2.75) is 32.1 Å². The lowest BCUT2D eigenvalue weighted by atomic mass is 9.91. The van der Waals surface area contributed by atoms with Crippen LogP contribution in [0, 0.1) is 11.7 Å². The van der Waals surface area contributed by atoms with Crippen molar-refractivity contribution in [3.05, 3.63) is 35.6 Å². The summed E-state index contributed by atoms with van der Waals surface area (Å²) in [6.45, 7) is 2.79. The topological polar surface area (TPSA) is 3.24 Å². The molecule has 1 aromatic carbocycles. The van der Waals surface area contributed by atoms with Crippen LogP contribution in [0.3, 0.4) is 0 Å². The summed E-state index contributed by atoms with van der Waals surface area (Å²) in [5.41, 5.74) is 0.823. The number of likely N-dealkylation sites (tertiary alicyclic amines) is 1. The van der Waals surface area contributed by atoms with E-state index in [2.05, 4.69) is 4.90 Å². The second-order valence-corrected chi connectivity index (χ2v) is 5.48. The van der Waals surface area contributed by atoms with Crippen LogP contribution in [0.25, 0.3) is 0 Å². The van der Waals surface area contributed by atoms with Crippen molar-refractivity contribution in [2.24, 2.45) is 5.92 Å². The summed E-state index contributed by atoms with van der Waals surface area (Å²) >= 11 is 0. The first kappa shape index (κ1) is 14.4. The van der Waals surface area contributed by atoms with Gasteiger partial charge >= 0.3 is 0 Å². The van der Waals surface area contributed by atoms with Gasteiger partial charge in [0, 0.05) is 13.1 Å². The van der Waals surface area contributed by atoms with Gasteiger partial charge in [0.15, 0.2) is 0 Å². The van der Waals surface area contributed by atoms with E-state index in [0.717, 1.165) is 38.0 Å². The highest BCUT2D eigenvalue weighted by Gasteiger charge is 2.19. The van der Waals surface area contributed by atoms with E-state index in [4.69, 9.17) is 0 Å². The van der Waals surface area contributed by atoms with Gasteiger partial charge in [0.2, 0.25) is 0 Å². The van der Waals surface area contributed by atoms with Crippen LogP contribution in [0.4, 0.5) is 8.78 Å². The van der Waals surface area contributed by atoms with Crippen LogP contribution in [0.1, 0.15) is 31.2 Å². The predicted molar refractivity (Wildman–Crippen MR) is 74.5 cm³/mol. The van der Waals surface area contributed by atoms with Crippen molar-refractivity contribution < 1.29 is 8.78 Å². The number of rotatable bonds is 6. The van der Waals surface area contributed by atoms with Crippen molar-refractivity contribution in [1.82, 2.24) is 4.90 Å². The maximum absolute atomic E-state index is 13.5. The Labute approximate surface area is 114 Å². The zero-order valence-corrected chi connectivity index (χ0v) is 11.5. The fourth-order valence-corrected chi connectivity index (χ4v) is 2.93. The Bertz CT molecular complexity index is 381. The van der Waals surface area contributed by atoms with Gasteiger partial charge in [-0.05, 0) is 56.2 Å². The first-order valence-corrected chi connectivity index (χ1v) is 7.31. The molecule has 2 rings (SSSR count). The largest absolute Gasteiger partial charge is 0.303 e. The van der Waals surface area contributed by atoms with Crippen molar-refractivity contribution in [1.29, 1.82) is 0 Å². The molecule has 1 atom stereocenters. The molecule has 1 aliphatic rings. The molecule has 1 aromatic rings. The molecule has 3 heteroatoms. The summed E-state index contributed by atoms with van der Waals surface area (Å²) in [5.74, 6) is 0.542. The monoisotopic (exact) mass is 267 g/mol. The van der Waals surface area contributed by atoms with Crippen LogP contribution in [0.15, 0.2) is 24.3 Å². The number of halogens is 2. The molecule has 19 heavy (non-hydrogen) atoms. The molecule has 0 N–H and O–H groups in total. The molecule has 0 amide bonds. The molecule has 106 valence electrons. The smallest absolute Gasteiger partial charge is 0.126 e. The first-order chi connectivity index (χ1) is 9.29. The fourth-order valence-electron chi connectivity index (χ4n) is 2.93. The van der Waals surface area contributed by atoms with Gasteiger partial charge in [0.25, 0.3) is 0 Å². The predicted octanol–water partition coefficient (Wildman–Crippen LogP) is 3.83. The molecule has 0 radical (unpaired) electrons. The Morgan fingerprint density at radius 3 is 2.89 bits per heavy atom. The number of benzene rings is 1. The van der Waals surface area contributed by atoms with Gasteiger partial charge in [-0.3, -0.25) is 4.39 Å². The third-order valence-electron chi connectivity index (χ3n) is 3.99. The first-order valence-electron chi connectivity index (χ1n) is 7.31. The average molecular weight is 267 g/mol. The van der Waals surface area contributed by atoms with Gasteiger partial charge in [-0.1, -0.05) is 18.2 Å². The molecule has 1 saturated heterocycles. The van der Waals surface area contributed by atoms with E-state index in [0.29, 0.717) is 12.3 Å². The molecule has 0 saturated carbocycles. The van der Waals surface area contributed by atoms with Crippen molar-refractivity contribution >= 4 is 0 Å². The third-order valence-corrected chi connectivity index (χ3v) is 3.99. The highest BCUT2D eigenvalue weighted by atomic mass is 19.1. The Morgan fingerprint density at radius 2 is 2.11 bits per heavy atom. The van der Waals surface area contributed by atoms with Crippen LogP contribution >= 0.6 is 0 Å². The van der Waals surface area contributed by atoms with E-state index in [1.807, 2.05) is 12.1 Å². The second kappa shape index (κ2) is 7.59. The van der Waals surface area contributed by atoms with E-state index >= 15 is 0 Å². The molecule has 1 nitrogen and oxygen atoms in total. The van der Waals surface area contributed by atoms with E-state index in [9.17, 15) is 8.78 Å². The minimum Gasteiger partial charge on any atom is -0.303 e. The lowest BCUT2D eigenvalue weighted by Crippen LogP contribution is -2.36. The molecule has 0 unspecified atom stereocenters. The Morgan fingerprint density at radius 1 is 1.26 bits per heavy atom. The van der Waals surface area contributed by atoms with E-state index < -0.39 is 0 Å². The molecule has 0 spiro atoms. The Kier molecular flexibility index (Phi) is 5.77. The van der Waals surface area contributed by atoms with Crippen molar-refractivity contribution in [2.75, 3.05) is 26.3 Å². The molecule has 0 bridgehead atoms. The minimum absolute atomic E-state index is 0.0902. The number of alkyl halides is 1. The van der Waals surface area contributed by atoms with Gasteiger partial charge in [0.1, 0.15) is 5.82 Å². The normalized spacial score (nSPS) is 20.6. The maximum Gasteiger partial charge on any atom is 0.126 e. The number of hydrogen-bond donors (Lipinski definition) is 0. The highest BCUT2D eigenvalue weighted by molar-refractivity contribution is 5.17. The highest BCUT2D eigenvalue weighted by Crippen LogP contribution is 2.22. The van der Waals surface area contributed by atoms with Gasteiger partial charge in [-0.25, -0.2) is 4.39 Å². The molecule has 1 aliphatic heterocycles. The summed E-state index contributed by atoms with van der Waals surface area (Å²) < 4.78 is 25.7. The average Bonchev–Trinajstić information content (AvgIpc) is 2.45. The Balaban J connectivity index is 1.78. The maximum atomic E-state index is 13.5. The molecule has 1 heterocycles. The van der Waals surface area contributed by atoms with Gasteiger partial charge in [0.05, 0.1) is 6.67 Å². The van der Waals surface area contributed by atoms with Gasteiger partial charge in [-0.15, -0.1) is 0 Å². The summed E-state index contributed by atoms with van der Waals surface area (Å²) in [5, 5.41) is 0. The molecular formula is C16H23F2N. The number of piperidine rings is 1. The molecule has 1 fully saturated rings. The summed E-state index contributed by atoms with van der Waals surface area (Å²) in [4.78, 5) is 2.36. The number of aryl methyl sites for hydroxylation is 1. The van der Waals surface area contributed by atoms with E-state index in [1.165, 1.54) is 18.9 Å². The number of hydrogen-bond acceptors (Lipinski definition) is 1. The third kappa shape index (κ3) is 4.57. The van der Waals surface area contributed by atoms with Crippen molar-refractivity contribution in [3.63, 3.8) is 0 Å². The van der Waals surface area contributed by atoms with Crippen LogP contribution < -0.4 is 0 Å². The Hall–Kier alpha value is -0.960. The van der Waals surface area contributed by atoms with Crippen LogP contribution in [0.5, 0.6) is 0 Å². The second-order valence-electron chi connectivity index (χ2n) is 5.48. The zero-order valence-electron chi connectivity index (χ0n) is 11.5. The molecule has 0 aliphatic carbocycles. The fraction of sp³-hybridized carbons (Fsp3) is 0.625. The molecular weight excluding hydrogens is 244 g/mol. The van der Waals surface area contributed by atoms with Crippen molar-refractivity contribution in [3.8, 4) is 0 Å². The van der Waals surface area contributed by atoms with Gasteiger partial charge < -0.3 is 4.90 Å². The molecule has 0 aromatic heterocycles. The SMILES string of the molecule is FCCCN1CCC[C@H](CCc2ccccc2F)C1.